The lowest BCUT2D eigenvalue weighted by atomic mass is 10.2. The van der Waals surface area contributed by atoms with Gasteiger partial charge >= 0.3 is 12.1 Å². The number of aromatic nitrogens is 1. The van der Waals surface area contributed by atoms with Crippen molar-refractivity contribution < 1.29 is 31.5 Å². The van der Waals surface area contributed by atoms with Crippen molar-refractivity contribution in [2.45, 2.75) is 10.4 Å². The predicted molar refractivity (Wildman–Crippen MR) is 87.1 cm³/mol. The van der Waals surface area contributed by atoms with Gasteiger partial charge in [-0.2, -0.15) is 13.2 Å². The zero-order valence-corrected chi connectivity index (χ0v) is 13.9. The number of nitrogens with one attached hydrogen (secondary N) is 2. The first-order valence-electron chi connectivity index (χ1n) is 6.54. The highest BCUT2D eigenvalue weighted by molar-refractivity contribution is 7.94. The first-order valence-corrected chi connectivity index (χ1v) is 8.90. The Bertz CT molecular complexity index is 964. The minimum Gasteiger partial charge on any atom is -0.475 e. The first kappa shape index (κ1) is 18.8. The maximum atomic E-state index is 12.1. The number of carbonyl (C=O) groups is 1. The second-order valence-electron chi connectivity index (χ2n) is 4.59. The summed E-state index contributed by atoms with van der Waals surface area (Å²) in [5.41, 5.74) is 1.35. The lowest BCUT2D eigenvalue weighted by molar-refractivity contribution is -0.192. The number of carboxylic acid groups (broad SMARTS) is 1. The van der Waals surface area contributed by atoms with Crippen LogP contribution in [0.2, 0.25) is 0 Å². The van der Waals surface area contributed by atoms with Gasteiger partial charge in [0.1, 0.15) is 4.21 Å². The number of anilines is 1. The van der Waals surface area contributed by atoms with Gasteiger partial charge < -0.3 is 10.1 Å². The van der Waals surface area contributed by atoms with E-state index in [0.29, 0.717) is 9.90 Å². The quantitative estimate of drug-likeness (QED) is 0.633. The summed E-state index contributed by atoms with van der Waals surface area (Å²) in [5.74, 6) is -2.76. The average molecular weight is 392 g/mol. The van der Waals surface area contributed by atoms with Crippen LogP contribution in [0.15, 0.2) is 52.2 Å². The van der Waals surface area contributed by atoms with Crippen molar-refractivity contribution in [2.24, 2.45) is 0 Å². The summed E-state index contributed by atoms with van der Waals surface area (Å²) in [6, 6.07) is 10.7. The molecule has 0 aliphatic heterocycles. The minimum atomic E-state index is -5.08. The Balaban J connectivity index is 0.000000277. The molecule has 2 heterocycles. The molecule has 0 aliphatic rings. The van der Waals surface area contributed by atoms with Gasteiger partial charge in [0.15, 0.2) is 0 Å². The number of thiophene rings is 1. The number of rotatable bonds is 3. The molecule has 0 saturated heterocycles. The molecule has 0 fully saturated rings. The van der Waals surface area contributed by atoms with Gasteiger partial charge in [0.2, 0.25) is 0 Å². The number of carboxylic acids is 1. The fourth-order valence-corrected chi connectivity index (χ4v) is 3.85. The number of para-hydroxylation sites is 1. The summed E-state index contributed by atoms with van der Waals surface area (Å²) in [7, 11) is -3.49. The van der Waals surface area contributed by atoms with E-state index in [1.165, 1.54) is 11.3 Å². The SMILES string of the molecule is O=C(O)C(F)(F)F.O=S(=O)(Nc1cccc2cc[nH]c12)c1cccs1. The molecule has 0 spiro atoms. The van der Waals surface area contributed by atoms with Gasteiger partial charge in [-0.15, -0.1) is 11.3 Å². The van der Waals surface area contributed by atoms with E-state index in [1.807, 2.05) is 18.2 Å². The normalized spacial score (nSPS) is 11.6. The molecule has 0 radical (unpaired) electrons. The number of hydrogen-bond donors (Lipinski definition) is 3. The van der Waals surface area contributed by atoms with Crippen LogP contribution in [0.4, 0.5) is 18.9 Å². The van der Waals surface area contributed by atoms with Gasteiger partial charge in [-0.3, -0.25) is 4.72 Å². The van der Waals surface area contributed by atoms with E-state index in [1.54, 1.807) is 29.8 Å². The largest absolute Gasteiger partial charge is 0.490 e. The molecule has 3 aromatic rings. The van der Waals surface area contributed by atoms with Crippen LogP contribution in [0, 0.1) is 0 Å². The fraction of sp³-hybridized carbons (Fsp3) is 0.0714. The van der Waals surface area contributed by atoms with Crippen LogP contribution in [0.3, 0.4) is 0 Å². The molecule has 6 nitrogen and oxygen atoms in total. The summed E-state index contributed by atoms with van der Waals surface area (Å²) in [6.07, 6.45) is -3.30. The van der Waals surface area contributed by atoms with Crippen LogP contribution in [-0.4, -0.2) is 30.7 Å². The summed E-state index contributed by atoms with van der Waals surface area (Å²) in [6.45, 7) is 0. The maximum Gasteiger partial charge on any atom is 0.490 e. The number of fused-ring (bicyclic) bond motifs is 1. The molecule has 134 valence electrons. The Hall–Kier alpha value is -2.53. The molecular formula is C14H11F3N2O4S2. The Morgan fingerprint density at radius 2 is 1.84 bits per heavy atom. The number of H-pyrrole nitrogens is 1. The molecule has 0 atom stereocenters. The van der Waals surface area contributed by atoms with Gasteiger partial charge in [0.25, 0.3) is 10.0 Å². The van der Waals surface area contributed by atoms with Crippen LogP contribution in [0.5, 0.6) is 0 Å². The lowest BCUT2D eigenvalue weighted by Crippen LogP contribution is -2.21. The second kappa shape index (κ2) is 7.15. The standard InChI is InChI=1S/C12H10N2O2S2.C2HF3O2/c15-18(16,11-5-2-8-17-11)14-10-4-1-3-9-6-7-13-12(9)10;3-2(4,5)1(6)7/h1-8,13-14H;(H,6,7). The Kier molecular flexibility index (Phi) is 5.38. The number of aromatic amines is 1. The number of aliphatic carboxylic acids is 1. The summed E-state index contributed by atoms with van der Waals surface area (Å²) in [4.78, 5) is 11.9. The first-order chi connectivity index (χ1) is 11.6. The van der Waals surface area contributed by atoms with Crippen LogP contribution in [0.1, 0.15) is 0 Å². The molecule has 1 aromatic carbocycles. The van der Waals surface area contributed by atoms with Gasteiger partial charge in [0.05, 0.1) is 11.2 Å². The van der Waals surface area contributed by atoms with Crippen LogP contribution < -0.4 is 4.72 Å². The van der Waals surface area contributed by atoms with E-state index in [-0.39, 0.29) is 0 Å². The topological polar surface area (TPSA) is 99.3 Å². The highest BCUT2D eigenvalue weighted by atomic mass is 32.2. The smallest absolute Gasteiger partial charge is 0.475 e. The van der Waals surface area contributed by atoms with Crippen molar-refractivity contribution in [1.82, 2.24) is 4.98 Å². The van der Waals surface area contributed by atoms with E-state index in [4.69, 9.17) is 9.90 Å². The zero-order chi connectivity index (χ0) is 18.7. The minimum absolute atomic E-state index is 0.311. The van der Waals surface area contributed by atoms with Gasteiger partial charge in [-0.25, -0.2) is 13.2 Å². The molecule has 25 heavy (non-hydrogen) atoms. The van der Waals surface area contributed by atoms with Crippen molar-refractivity contribution in [3.8, 4) is 0 Å². The number of halogens is 3. The second-order valence-corrected chi connectivity index (χ2v) is 7.44. The predicted octanol–water partition coefficient (Wildman–Crippen LogP) is 3.66. The molecule has 2 aromatic heterocycles. The van der Waals surface area contributed by atoms with Crippen LogP contribution >= 0.6 is 11.3 Å². The third-order valence-corrected chi connectivity index (χ3v) is 5.60. The summed E-state index contributed by atoms with van der Waals surface area (Å²) < 4.78 is 58.9. The third kappa shape index (κ3) is 4.73. The zero-order valence-electron chi connectivity index (χ0n) is 12.2. The van der Waals surface area contributed by atoms with E-state index in [0.717, 1.165) is 10.9 Å². The highest BCUT2D eigenvalue weighted by Gasteiger charge is 2.38. The summed E-state index contributed by atoms with van der Waals surface area (Å²) >= 11 is 1.20. The molecule has 0 aliphatic carbocycles. The molecule has 3 rings (SSSR count). The highest BCUT2D eigenvalue weighted by Crippen LogP contribution is 2.25. The average Bonchev–Trinajstić information content (AvgIpc) is 3.19. The Morgan fingerprint density at radius 3 is 2.40 bits per heavy atom. The Labute approximate surface area is 144 Å². The fourth-order valence-electron chi connectivity index (χ4n) is 1.78. The van der Waals surface area contributed by atoms with Crippen molar-refractivity contribution in [3.63, 3.8) is 0 Å². The van der Waals surface area contributed by atoms with Gasteiger partial charge in [-0.1, -0.05) is 18.2 Å². The molecule has 11 heteroatoms. The molecule has 0 unspecified atom stereocenters. The van der Waals surface area contributed by atoms with Crippen molar-refractivity contribution in [1.29, 1.82) is 0 Å². The van der Waals surface area contributed by atoms with Crippen molar-refractivity contribution in [3.05, 3.63) is 48.0 Å². The molecular weight excluding hydrogens is 381 g/mol. The van der Waals surface area contributed by atoms with Gasteiger partial charge in [-0.05, 0) is 23.6 Å². The van der Waals surface area contributed by atoms with E-state index in [9.17, 15) is 21.6 Å². The molecule has 3 N–H and O–H groups in total. The monoisotopic (exact) mass is 392 g/mol. The van der Waals surface area contributed by atoms with E-state index >= 15 is 0 Å². The van der Waals surface area contributed by atoms with Crippen molar-refractivity contribution >= 4 is 43.9 Å². The molecule has 0 amide bonds. The lowest BCUT2D eigenvalue weighted by Gasteiger charge is -2.07. The number of benzene rings is 1. The maximum absolute atomic E-state index is 12.1. The van der Waals surface area contributed by atoms with Crippen LogP contribution in [-0.2, 0) is 14.8 Å². The Morgan fingerprint density at radius 1 is 1.16 bits per heavy atom. The number of hydrogen-bond acceptors (Lipinski definition) is 4. The number of sulfonamides is 1. The summed E-state index contributed by atoms with van der Waals surface area (Å²) in [5, 5.41) is 9.84. The van der Waals surface area contributed by atoms with E-state index < -0.39 is 22.2 Å². The number of alkyl halides is 3. The molecule has 0 saturated carbocycles. The van der Waals surface area contributed by atoms with Crippen LogP contribution in [0.25, 0.3) is 10.9 Å². The molecule has 0 bridgehead atoms. The third-order valence-electron chi connectivity index (χ3n) is 2.83. The van der Waals surface area contributed by atoms with Crippen molar-refractivity contribution in [2.75, 3.05) is 4.72 Å². The van der Waals surface area contributed by atoms with Gasteiger partial charge in [0, 0.05) is 11.6 Å². The van der Waals surface area contributed by atoms with E-state index in [2.05, 4.69) is 9.71 Å².